The van der Waals surface area contributed by atoms with E-state index in [-0.39, 0.29) is 17.3 Å². The average molecular weight is 411 g/mol. The summed E-state index contributed by atoms with van der Waals surface area (Å²) in [5.41, 5.74) is 0.0502. The number of nitrogens with one attached hydrogen (secondary N) is 1. The highest BCUT2D eigenvalue weighted by Crippen LogP contribution is 2.28. The van der Waals surface area contributed by atoms with E-state index in [2.05, 4.69) is 14.0 Å². The van der Waals surface area contributed by atoms with Crippen LogP contribution in [0.15, 0.2) is 29.2 Å². The maximum atomic E-state index is 11.6. The maximum absolute atomic E-state index is 11.6. The first-order valence-corrected chi connectivity index (χ1v) is 10.7. The summed E-state index contributed by atoms with van der Waals surface area (Å²) in [7, 11) is -8.42. The highest BCUT2D eigenvalue weighted by Gasteiger charge is 2.22. The van der Waals surface area contributed by atoms with Crippen LogP contribution in [0.4, 0.5) is 5.82 Å². The Morgan fingerprint density at radius 3 is 2.40 bits per heavy atom. The van der Waals surface area contributed by atoms with Gasteiger partial charge < -0.3 is 4.18 Å². The van der Waals surface area contributed by atoms with Crippen LogP contribution in [0.1, 0.15) is 5.69 Å². The number of hydrogen-bond acceptors (Lipinski definition) is 7. The van der Waals surface area contributed by atoms with Crippen LogP contribution < -0.4 is 8.91 Å². The topological polar surface area (TPSA) is 165 Å². The molecule has 1 heterocycles. The molecule has 0 saturated carbocycles. The van der Waals surface area contributed by atoms with Gasteiger partial charge in [-0.1, -0.05) is 0 Å². The fourth-order valence-electron chi connectivity index (χ4n) is 1.96. The Kier molecular flexibility index (Phi) is 5.19. The highest BCUT2D eigenvalue weighted by molar-refractivity contribution is 7.92. The Bertz CT molecular complexity index is 1040. The zero-order valence-electron chi connectivity index (χ0n) is 12.8. The Labute approximate surface area is 145 Å². The van der Waals surface area contributed by atoms with Crippen molar-refractivity contribution in [2.24, 2.45) is 0 Å². The third-order valence-electron chi connectivity index (χ3n) is 2.73. The number of benzene rings is 1. The van der Waals surface area contributed by atoms with E-state index < -0.39 is 36.4 Å². The van der Waals surface area contributed by atoms with Crippen molar-refractivity contribution in [3.05, 3.63) is 30.0 Å². The smallest absolute Gasteiger partial charge is 0.357 e. The van der Waals surface area contributed by atoms with Gasteiger partial charge in [-0.3, -0.25) is 13.8 Å². The molecule has 138 valence electrons. The van der Waals surface area contributed by atoms with E-state index in [0.29, 0.717) is 5.69 Å². The van der Waals surface area contributed by atoms with Crippen molar-refractivity contribution in [3.63, 3.8) is 0 Å². The molecule has 1 aromatic heterocycles. The van der Waals surface area contributed by atoms with E-state index in [1.165, 1.54) is 13.0 Å². The normalized spacial score (nSPS) is 13.4. The van der Waals surface area contributed by atoms with Gasteiger partial charge in [-0.2, -0.15) is 17.7 Å². The van der Waals surface area contributed by atoms with Crippen molar-refractivity contribution in [1.82, 2.24) is 9.78 Å². The van der Waals surface area contributed by atoms with E-state index in [9.17, 15) is 25.6 Å². The van der Waals surface area contributed by atoms with Gasteiger partial charge in [0.05, 0.1) is 17.6 Å². The molecule has 1 aromatic carbocycles. The molecular weight excluding hydrogens is 398 g/mol. The molecule has 0 spiro atoms. The second-order valence-corrected chi connectivity index (χ2v) is 8.60. The monoisotopic (exact) mass is 411 g/mol. The van der Waals surface area contributed by atoms with Gasteiger partial charge in [-0.25, -0.2) is 13.1 Å². The highest BCUT2D eigenvalue weighted by atomic mass is 32.2. The number of rotatable bonds is 6. The third-order valence-corrected chi connectivity index (χ3v) is 4.54. The quantitative estimate of drug-likeness (QED) is 0.448. The van der Waals surface area contributed by atoms with Gasteiger partial charge in [0, 0.05) is 12.1 Å². The summed E-state index contributed by atoms with van der Waals surface area (Å²) in [6.45, 7) is 1.53. The van der Waals surface area contributed by atoms with Crippen molar-refractivity contribution in [3.8, 4) is 11.4 Å². The summed E-state index contributed by atoms with van der Waals surface area (Å²) >= 11 is -2.68. The Balaban J connectivity index is 2.74. The lowest BCUT2D eigenvalue weighted by molar-refractivity contribution is 0.457. The number of aryl methyl sites for hydroxylation is 1. The fraction of sp³-hybridized carbons (Fsp3) is 0.182. The zero-order valence-corrected chi connectivity index (χ0v) is 15.2. The lowest BCUT2D eigenvalue weighted by Gasteiger charge is -2.12. The molecule has 0 amide bonds. The standard InChI is InChI=1S/C11H13N3O8S3/c1-7-5-11(13-24(2,17)18)14(12-7)9-6-8(22-23(15)16)3-4-10(9)25(19,20)21/h3-6,13H,1-2H3,(H,15,16)(H,19,20,21). The molecule has 2 rings (SSSR count). The third kappa shape index (κ3) is 4.99. The molecule has 3 N–H and O–H groups in total. The lowest BCUT2D eigenvalue weighted by atomic mass is 10.3. The minimum absolute atomic E-state index is 0.104. The van der Waals surface area contributed by atoms with Crippen molar-refractivity contribution in [2.45, 2.75) is 11.8 Å². The van der Waals surface area contributed by atoms with Crippen LogP contribution in [-0.2, 0) is 31.5 Å². The number of aromatic nitrogens is 2. The van der Waals surface area contributed by atoms with Gasteiger partial charge in [-0.15, -0.1) is 0 Å². The Hall–Kier alpha value is -2.00. The molecule has 14 heteroatoms. The van der Waals surface area contributed by atoms with E-state index in [1.807, 2.05) is 0 Å². The lowest BCUT2D eigenvalue weighted by Crippen LogP contribution is -2.15. The molecule has 0 bridgehead atoms. The van der Waals surface area contributed by atoms with Crippen LogP contribution in [0.25, 0.3) is 5.69 Å². The van der Waals surface area contributed by atoms with E-state index in [0.717, 1.165) is 29.1 Å². The summed E-state index contributed by atoms with van der Waals surface area (Å²) in [6, 6.07) is 4.30. The first kappa shape index (κ1) is 19.3. The van der Waals surface area contributed by atoms with E-state index >= 15 is 0 Å². The molecule has 0 aliphatic rings. The van der Waals surface area contributed by atoms with Gasteiger partial charge in [0.25, 0.3) is 10.1 Å². The van der Waals surface area contributed by atoms with Gasteiger partial charge in [0.15, 0.2) is 0 Å². The molecule has 1 unspecified atom stereocenters. The second-order valence-electron chi connectivity index (χ2n) is 4.86. The molecule has 0 radical (unpaired) electrons. The van der Waals surface area contributed by atoms with Crippen LogP contribution in [0.5, 0.6) is 5.75 Å². The van der Waals surface area contributed by atoms with E-state index in [1.54, 1.807) is 0 Å². The van der Waals surface area contributed by atoms with Crippen LogP contribution in [0, 0.1) is 6.92 Å². The van der Waals surface area contributed by atoms with Crippen LogP contribution in [0.2, 0.25) is 0 Å². The van der Waals surface area contributed by atoms with Gasteiger partial charge >= 0.3 is 11.4 Å². The second kappa shape index (κ2) is 6.72. The van der Waals surface area contributed by atoms with Crippen molar-refractivity contribution >= 4 is 37.3 Å². The SMILES string of the molecule is Cc1cc(NS(C)(=O)=O)n(-c2cc(OS(=O)O)ccc2S(=O)(=O)O)n1. The van der Waals surface area contributed by atoms with Crippen LogP contribution >= 0.6 is 0 Å². The Morgan fingerprint density at radius 1 is 1.24 bits per heavy atom. The molecule has 25 heavy (non-hydrogen) atoms. The molecule has 1 atom stereocenters. The largest absolute Gasteiger partial charge is 0.380 e. The minimum Gasteiger partial charge on any atom is -0.380 e. The molecule has 0 aliphatic carbocycles. The number of nitrogens with zero attached hydrogens (tertiary/aromatic N) is 2. The molecule has 2 aromatic rings. The van der Waals surface area contributed by atoms with Gasteiger partial charge in [0.2, 0.25) is 10.0 Å². The summed E-state index contributed by atoms with van der Waals surface area (Å²) < 4.78 is 82.7. The molecule has 0 saturated heterocycles. The predicted molar refractivity (Wildman–Crippen MR) is 88.0 cm³/mol. The number of hydrogen-bond donors (Lipinski definition) is 3. The molecule has 11 nitrogen and oxygen atoms in total. The Morgan fingerprint density at radius 2 is 1.88 bits per heavy atom. The zero-order chi connectivity index (χ0) is 19.0. The van der Waals surface area contributed by atoms with Gasteiger partial charge in [-0.05, 0) is 19.1 Å². The summed E-state index contributed by atoms with van der Waals surface area (Å²) in [6.07, 6.45) is 0.887. The fourth-order valence-corrected chi connectivity index (χ4v) is 3.40. The molecular formula is C11H13N3O8S3. The first-order valence-electron chi connectivity index (χ1n) is 6.32. The molecule has 0 fully saturated rings. The van der Waals surface area contributed by atoms with Crippen LogP contribution in [0.3, 0.4) is 0 Å². The number of sulfonamides is 1. The summed E-state index contributed by atoms with van der Waals surface area (Å²) in [5, 5.41) is 3.98. The number of anilines is 1. The average Bonchev–Trinajstić information content (AvgIpc) is 2.75. The van der Waals surface area contributed by atoms with Crippen molar-refractivity contribution in [2.75, 3.05) is 11.0 Å². The van der Waals surface area contributed by atoms with Gasteiger partial charge in [0.1, 0.15) is 16.5 Å². The summed E-state index contributed by atoms with van der Waals surface area (Å²) in [4.78, 5) is -0.608. The minimum atomic E-state index is -4.71. The first-order chi connectivity index (χ1) is 11.4. The maximum Gasteiger partial charge on any atom is 0.357 e. The van der Waals surface area contributed by atoms with Crippen LogP contribution in [-0.4, -0.2) is 46.2 Å². The summed E-state index contributed by atoms with van der Waals surface area (Å²) in [5.74, 6) is -0.311. The van der Waals surface area contributed by atoms with Crippen molar-refractivity contribution < 1.29 is 34.3 Å². The van der Waals surface area contributed by atoms with E-state index in [4.69, 9.17) is 4.55 Å². The van der Waals surface area contributed by atoms with Crippen molar-refractivity contribution in [1.29, 1.82) is 0 Å². The predicted octanol–water partition coefficient (Wildman–Crippen LogP) is 0.314. The molecule has 0 aliphatic heterocycles.